The van der Waals surface area contributed by atoms with Crippen molar-refractivity contribution in [1.82, 2.24) is 9.55 Å². The lowest BCUT2D eigenvalue weighted by Gasteiger charge is -2.08. The summed E-state index contributed by atoms with van der Waals surface area (Å²) in [6, 6.07) is 7.66. The van der Waals surface area contributed by atoms with Gasteiger partial charge in [-0.15, -0.1) is 0 Å². The Balaban J connectivity index is 2.52. The third-order valence-corrected chi connectivity index (χ3v) is 3.38. The maximum Gasteiger partial charge on any atom is 0.360 e. The summed E-state index contributed by atoms with van der Waals surface area (Å²) in [6.45, 7) is 4.01. The van der Waals surface area contributed by atoms with Crippen LogP contribution in [0.1, 0.15) is 30.2 Å². The van der Waals surface area contributed by atoms with E-state index in [1.807, 2.05) is 31.2 Å². The molecule has 0 unspecified atom stereocenters. The van der Waals surface area contributed by atoms with Gasteiger partial charge in [-0.25, -0.2) is 9.78 Å². The van der Waals surface area contributed by atoms with E-state index in [0.717, 1.165) is 16.0 Å². The standard InChI is InChI=1S/C14H16BrN3O2/c1-3-11-17-12(14(19)20-4-2)13(16)18(11)10-7-5-9(15)6-8-10/h5-8H,3-4,16H2,1-2H3. The summed E-state index contributed by atoms with van der Waals surface area (Å²) < 4.78 is 7.73. The molecule has 0 amide bonds. The number of imidazole rings is 1. The Morgan fingerprint density at radius 1 is 1.35 bits per heavy atom. The van der Waals surface area contributed by atoms with Crippen molar-refractivity contribution in [2.75, 3.05) is 12.3 Å². The highest BCUT2D eigenvalue weighted by molar-refractivity contribution is 9.10. The van der Waals surface area contributed by atoms with Gasteiger partial charge in [-0.1, -0.05) is 22.9 Å². The highest BCUT2D eigenvalue weighted by atomic mass is 79.9. The number of hydrogen-bond donors (Lipinski definition) is 1. The van der Waals surface area contributed by atoms with Gasteiger partial charge in [-0.05, 0) is 31.2 Å². The monoisotopic (exact) mass is 337 g/mol. The minimum atomic E-state index is -0.490. The number of esters is 1. The summed E-state index contributed by atoms with van der Waals surface area (Å²) in [5, 5.41) is 0. The van der Waals surface area contributed by atoms with E-state index in [9.17, 15) is 4.79 Å². The molecule has 0 aliphatic rings. The number of halogens is 1. The topological polar surface area (TPSA) is 70.1 Å². The molecule has 20 heavy (non-hydrogen) atoms. The van der Waals surface area contributed by atoms with Crippen molar-refractivity contribution in [2.45, 2.75) is 20.3 Å². The van der Waals surface area contributed by atoms with Crippen LogP contribution in [0.5, 0.6) is 0 Å². The number of nitrogens with two attached hydrogens (primary N) is 1. The Morgan fingerprint density at radius 3 is 2.55 bits per heavy atom. The number of rotatable bonds is 4. The molecule has 1 aromatic heterocycles. The predicted molar refractivity (Wildman–Crippen MR) is 81.0 cm³/mol. The first-order valence-corrected chi connectivity index (χ1v) is 7.17. The van der Waals surface area contributed by atoms with Crippen molar-refractivity contribution in [3.63, 3.8) is 0 Å². The van der Waals surface area contributed by atoms with Crippen molar-refractivity contribution >= 4 is 27.7 Å². The summed E-state index contributed by atoms with van der Waals surface area (Å²) in [5.74, 6) is 0.547. The summed E-state index contributed by atoms with van der Waals surface area (Å²) in [4.78, 5) is 16.1. The number of benzene rings is 1. The molecule has 0 fully saturated rings. The lowest BCUT2D eigenvalue weighted by atomic mass is 10.3. The Labute approximate surface area is 125 Å². The van der Waals surface area contributed by atoms with Gasteiger partial charge in [0.1, 0.15) is 11.6 Å². The van der Waals surface area contributed by atoms with E-state index in [4.69, 9.17) is 10.5 Å². The quantitative estimate of drug-likeness (QED) is 0.870. The number of carbonyl (C=O) groups excluding carboxylic acids is 1. The Morgan fingerprint density at radius 2 is 2.00 bits per heavy atom. The van der Waals surface area contributed by atoms with E-state index in [1.54, 1.807) is 11.5 Å². The maximum absolute atomic E-state index is 11.8. The van der Waals surface area contributed by atoms with Crippen LogP contribution in [0.3, 0.4) is 0 Å². The van der Waals surface area contributed by atoms with Gasteiger partial charge in [0.05, 0.1) is 6.61 Å². The van der Waals surface area contributed by atoms with Crippen LogP contribution in [-0.4, -0.2) is 22.1 Å². The number of hydrogen-bond acceptors (Lipinski definition) is 4. The van der Waals surface area contributed by atoms with E-state index < -0.39 is 5.97 Å². The Bertz CT molecular complexity index is 620. The summed E-state index contributed by atoms with van der Waals surface area (Å²) >= 11 is 3.39. The van der Waals surface area contributed by atoms with E-state index in [0.29, 0.717) is 18.8 Å². The second kappa shape index (κ2) is 6.09. The van der Waals surface area contributed by atoms with Crippen LogP contribution in [-0.2, 0) is 11.2 Å². The fraction of sp³-hybridized carbons (Fsp3) is 0.286. The average molecular weight is 338 g/mol. The molecular formula is C14H16BrN3O2. The molecule has 0 saturated heterocycles. The van der Waals surface area contributed by atoms with E-state index in [-0.39, 0.29) is 5.69 Å². The molecule has 2 N–H and O–H groups in total. The molecule has 2 rings (SSSR count). The lowest BCUT2D eigenvalue weighted by Crippen LogP contribution is -2.09. The van der Waals surface area contributed by atoms with Gasteiger partial charge in [0, 0.05) is 16.6 Å². The maximum atomic E-state index is 11.8. The zero-order chi connectivity index (χ0) is 14.7. The first kappa shape index (κ1) is 14.6. The number of anilines is 1. The molecule has 0 aliphatic carbocycles. The van der Waals surface area contributed by atoms with Crippen molar-refractivity contribution < 1.29 is 9.53 Å². The molecule has 0 saturated carbocycles. The average Bonchev–Trinajstić information content (AvgIpc) is 2.77. The van der Waals surface area contributed by atoms with Crippen molar-refractivity contribution in [3.8, 4) is 5.69 Å². The van der Waals surface area contributed by atoms with Crippen molar-refractivity contribution in [2.24, 2.45) is 0 Å². The number of aryl methyl sites for hydroxylation is 1. The van der Waals surface area contributed by atoms with Crippen molar-refractivity contribution in [1.29, 1.82) is 0 Å². The first-order valence-electron chi connectivity index (χ1n) is 6.38. The number of ether oxygens (including phenoxy) is 1. The van der Waals surface area contributed by atoms with Gasteiger partial charge in [0.15, 0.2) is 5.69 Å². The molecule has 106 valence electrons. The van der Waals surface area contributed by atoms with Crippen LogP contribution in [0.15, 0.2) is 28.7 Å². The third-order valence-electron chi connectivity index (χ3n) is 2.85. The number of nitrogen functional groups attached to an aromatic ring is 1. The van der Waals surface area contributed by atoms with Crippen molar-refractivity contribution in [3.05, 3.63) is 40.3 Å². The molecule has 1 aromatic carbocycles. The van der Waals surface area contributed by atoms with Gasteiger partial charge >= 0.3 is 5.97 Å². The molecular weight excluding hydrogens is 322 g/mol. The molecule has 0 bridgehead atoms. The van der Waals surface area contributed by atoms with Gasteiger partial charge < -0.3 is 10.5 Å². The zero-order valence-electron chi connectivity index (χ0n) is 11.4. The van der Waals surface area contributed by atoms with Crippen LogP contribution in [0.2, 0.25) is 0 Å². The highest BCUT2D eigenvalue weighted by Crippen LogP contribution is 2.23. The Hall–Kier alpha value is -1.82. The summed E-state index contributed by atoms with van der Waals surface area (Å²) in [6.07, 6.45) is 0.666. The van der Waals surface area contributed by atoms with Crippen LogP contribution >= 0.6 is 15.9 Å². The third kappa shape index (κ3) is 2.70. The predicted octanol–water partition coefficient (Wildman–Crippen LogP) is 2.96. The highest BCUT2D eigenvalue weighted by Gasteiger charge is 2.21. The molecule has 2 aromatic rings. The number of nitrogens with zero attached hydrogens (tertiary/aromatic N) is 2. The molecule has 0 atom stereocenters. The zero-order valence-corrected chi connectivity index (χ0v) is 13.0. The van der Waals surface area contributed by atoms with Crippen LogP contribution in [0, 0.1) is 0 Å². The van der Waals surface area contributed by atoms with Gasteiger partial charge in [0.25, 0.3) is 0 Å². The smallest absolute Gasteiger partial charge is 0.360 e. The molecule has 1 heterocycles. The molecule has 5 nitrogen and oxygen atoms in total. The second-order valence-electron chi connectivity index (χ2n) is 4.15. The molecule has 6 heteroatoms. The van der Waals surface area contributed by atoms with Gasteiger partial charge in [0.2, 0.25) is 0 Å². The number of carbonyl (C=O) groups is 1. The van der Waals surface area contributed by atoms with Crippen LogP contribution < -0.4 is 5.73 Å². The van der Waals surface area contributed by atoms with Gasteiger partial charge in [-0.3, -0.25) is 4.57 Å². The summed E-state index contributed by atoms with van der Waals surface area (Å²) in [5.41, 5.74) is 7.11. The SMILES string of the molecule is CCOC(=O)c1nc(CC)n(-c2ccc(Br)cc2)c1N. The molecule has 0 aliphatic heterocycles. The fourth-order valence-corrected chi connectivity index (χ4v) is 2.21. The second-order valence-corrected chi connectivity index (χ2v) is 5.06. The molecule has 0 radical (unpaired) electrons. The lowest BCUT2D eigenvalue weighted by molar-refractivity contribution is 0.0521. The fourth-order valence-electron chi connectivity index (χ4n) is 1.95. The van der Waals surface area contributed by atoms with E-state index >= 15 is 0 Å². The molecule has 0 spiro atoms. The normalized spacial score (nSPS) is 10.6. The minimum Gasteiger partial charge on any atom is -0.461 e. The van der Waals surface area contributed by atoms with E-state index in [2.05, 4.69) is 20.9 Å². The van der Waals surface area contributed by atoms with Crippen LogP contribution in [0.4, 0.5) is 5.82 Å². The van der Waals surface area contributed by atoms with Gasteiger partial charge in [-0.2, -0.15) is 0 Å². The minimum absolute atomic E-state index is 0.173. The Kier molecular flexibility index (Phi) is 4.44. The van der Waals surface area contributed by atoms with Crippen LogP contribution in [0.25, 0.3) is 5.69 Å². The first-order chi connectivity index (χ1) is 9.58. The van der Waals surface area contributed by atoms with E-state index in [1.165, 1.54) is 0 Å². The largest absolute Gasteiger partial charge is 0.461 e. The summed E-state index contributed by atoms with van der Waals surface area (Å²) in [7, 11) is 0. The number of aromatic nitrogens is 2.